The normalized spacial score (nSPS) is 10.8. The highest BCUT2D eigenvalue weighted by atomic mass is 32.1. The average molecular weight is 364 g/mol. The Morgan fingerprint density at radius 1 is 1.15 bits per heavy atom. The van der Waals surface area contributed by atoms with Gasteiger partial charge in [-0.2, -0.15) is 0 Å². The van der Waals surface area contributed by atoms with Gasteiger partial charge in [0.15, 0.2) is 5.13 Å². The fourth-order valence-electron chi connectivity index (χ4n) is 2.63. The van der Waals surface area contributed by atoms with Gasteiger partial charge in [0.2, 0.25) is 0 Å². The minimum Gasteiger partial charge on any atom is -0.487 e. The predicted molar refractivity (Wildman–Crippen MR) is 103 cm³/mol. The van der Waals surface area contributed by atoms with E-state index in [1.807, 2.05) is 54.8 Å². The highest BCUT2D eigenvalue weighted by Crippen LogP contribution is 2.24. The van der Waals surface area contributed by atoms with E-state index >= 15 is 0 Å². The van der Waals surface area contributed by atoms with E-state index < -0.39 is 0 Å². The van der Waals surface area contributed by atoms with E-state index in [-0.39, 0.29) is 5.63 Å². The van der Waals surface area contributed by atoms with E-state index in [1.165, 1.54) is 17.4 Å². The zero-order chi connectivity index (χ0) is 17.9. The number of hydrogen-bond donors (Lipinski definition) is 1. The van der Waals surface area contributed by atoms with Gasteiger partial charge in [-0.3, -0.25) is 0 Å². The molecule has 4 rings (SSSR count). The third-order valence-electron chi connectivity index (χ3n) is 3.89. The molecule has 26 heavy (non-hydrogen) atoms. The number of hydrogen-bond acceptors (Lipinski definition) is 6. The second-order valence-corrected chi connectivity index (χ2v) is 6.69. The maximum atomic E-state index is 11.5. The van der Waals surface area contributed by atoms with Crippen LogP contribution in [0.15, 0.2) is 69.2 Å². The third kappa shape index (κ3) is 3.60. The summed E-state index contributed by atoms with van der Waals surface area (Å²) in [5.41, 5.74) is 2.88. The molecule has 0 saturated carbocycles. The van der Waals surface area contributed by atoms with Crippen molar-refractivity contribution >= 4 is 33.1 Å². The van der Waals surface area contributed by atoms with Gasteiger partial charge in [-0.1, -0.05) is 18.2 Å². The molecule has 2 aromatic heterocycles. The molecule has 0 aliphatic heterocycles. The summed E-state index contributed by atoms with van der Waals surface area (Å²) in [4.78, 5) is 16.0. The first-order chi connectivity index (χ1) is 12.7. The second kappa shape index (κ2) is 7.01. The number of thiazole rings is 1. The molecule has 2 heterocycles. The van der Waals surface area contributed by atoms with Gasteiger partial charge in [-0.15, -0.1) is 11.3 Å². The zero-order valence-corrected chi connectivity index (χ0v) is 14.9. The lowest BCUT2D eigenvalue weighted by atomic mass is 10.1. The summed E-state index contributed by atoms with van der Waals surface area (Å²) >= 11 is 1.52. The molecule has 130 valence electrons. The first-order valence-corrected chi connectivity index (χ1v) is 8.99. The van der Waals surface area contributed by atoms with Crippen LogP contribution in [-0.2, 0) is 6.61 Å². The molecule has 0 unspecified atom stereocenters. The highest BCUT2D eigenvalue weighted by Gasteiger charge is 2.06. The Hall–Kier alpha value is -3.12. The fourth-order valence-corrected chi connectivity index (χ4v) is 3.34. The topological polar surface area (TPSA) is 64.4 Å². The largest absolute Gasteiger partial charge is 0.487 e. The molecule has 0 bridgehead atoms. The van der Waals surface area contributed by atoms with E-state index in [4.69, 9.17) is 9.15 Å². The number of anilines is 2. The smallest absolute Gasteiger partial charge is 0.336 e. The number of nitrogens with one attached hydrogen (secondary N) is 1. The molecule has 0 aliphatic rings. The molecule has 0 amide bonds. The van der Waals surface area contributed by atoms with Crippen LogP contribution in [0.2, 0.25) is 0 Å². The number of ether oxygens (including phenoxy) is 1. The maximum Gasteiger partial charge on any atom is 0.336 e. The molecule has 0 saturated heterocycles. The van der Waals surface area contributed by atoms with Crippen molar-refractivity contribution in [2.45, 2.75) is 13.5 Å². The lowest BCUT2D eigenvalue weighted by Crippen LogP contribution is -1.99. The standard InChI is InChI=1S/C20H16N2O3S/c1-13-9-19(23)25-18-10-16(7-8-17(13)18)24-11-15-12-26-20(22-15)21-14-5-3-2-4-6-14/h2-10,12H,11H2,1H3,(H,21,22). The Bertz CT molecular complexity index is 1100. The fraction of sp³-hybridized carbons (Fsp3) is 0.100. The summed E-state index contributed by atoms with van der Waals surface area (Å²) < 4.78 is 11.0. The monoisotopic (exact) mass is 364 g/mol. The van der Waals surface area contributed by atoms with Crippen molar-refractivity contribution in [1.29, 1.82) is 0 Å². The SMILES string of the molecule is Cc1cc(=O)oc2cc(OCc3csc(Nc4ccccc4)n3)ccc12. The van der Waals surface area contributed by atoms with Crippen LogP contribution in [0.3, 0.4) is 0 Å². The highest BCUT2D eigenvalue weighted by molar-refractivity contribution is 7.13. The van der Waals surface area contributed by atoms with Crippen molar-refractivity contribution in [2.24, 2.45) is 0 Å². The van der Waals surface area contributed by atoms with Crippen LogP contribution in [0.25, 0.3) is 11.0 Å². The summed E-state index contributed by atoms with van der Waals surface area (Å²) in [5.74, 6) is 0.636. The van der Waals surface area contributed by atoms with Crippen LogP contribution in [0.5, 0.6) is 5.75 Å². The third-order valence-corrected chi connectivity index (χ3v) is 4.69. The first kappa shape index (κ1) is 16.4. The Morgan fingerprint density at radius 3 is 2.85 bits per heavy atom. The number of aromatic nitrogens is 1. The van der Waals surface area contributed by atoms with Crippen molar-refractivity contribution in [2.75, 3.05) is 5.32 Å². The Morgan fingerprint density at radius 2 is 2.00 bits per heavy atom. The number of aryl methyl sites for hydroxylation is 1. The van der Waals surface area contributed by atoms with Crippen LogP contribution in [0.1, 0.15) is 11.3 Å². The van der Waals surface area contributed by atoms with Crippen LogP contribution in [0.4, 0.5) is 10.8 Å². The van der Waals surface area contributed by atoms with Gasteiger partial charge in [0, 0.05) is 28.6 Å². The van der Waals surface area contributed by atoms with E-state index in [9.17, 15) is 4.79 Å². The van der Waals surface area contributed by atoms with Gasteiger partial charge in [-0.25, -0.2) is 9.78 Å². The molecule has 0 spiro atoms. The van der Waals surface area contributed by atoms with E-state index in [2.05, 4.69) is 10.3 Å². The summed E-state index contributed by atoms with van der Waals surface area (Å²) in [6, 6.07) is 16.9. The molecule has 0 aliphatic carbocycles. The van der Waals surface area contributed by atoms with Crippen LogP contribution < -0.4 is 15.7 Å². The van der Waals surface area contributed by atoms with Crippen LogP contribution in [-0.4, -0.2) is 4.98 Å². The Kier molecular flexibility index (Phi) is 4.41. The maximum absolute atomic E-state index is 11.5. The van der Waals surface area contributed by atoms with Gasteiger partial charge in [0.05, 0.1) is 5.69 Å². The van der Waals surface area contributed by atoms with Crippen molar-refractivity contribution in [3.05, 3.63) is 81.7 Å². The quantitative estimate of drug-likeness (QED) is 0.511. The average Bonchev–Trinajstić information content (AvgIpc) is 3.08. The van der Waals surface area contributed by atoms with Crippen molar-refractivity contribution in [3.63, 3.8) is 0 Å². The second-order valence-electron chi connectivity index (χ2n) is 5.83. The molecule has 0 fully saturated rings. The molecular weight excluding hydrogens is 348 g/mol. The van der Waals surface area contributed by atoms with Gasteiger partial charge in [0.25, 0.3) is 0 Å². The Labute approximate surface area is 153 Å². The van der Waals surface area contributed by atoms with Gasteiger partial charge < -0.3 is 14.5 Å². The van der Waals surface area contributed by atoms with Gasteiger partial charge >= 0.3 is 5.63 Å². The molecule has 0 radical (unpaired) electrons. The molecular formula is C20H16N2O3S. The number of fused-ring (bicyclic) bond motifs is 1. The molecule has 5 nitrogen and oxygen atoms in total. The predicted octanol–water partition coefficient (Wildman–Crippen LogP) is 4.88. The minimum atomic E-state index is -0.358. The number of rotatable bonds is 5. The molecule has 1 N–H and O–H groups in total. The molecule has 2 aromatic carbocycles. The summed E-state index contributed by atoms with van der Waals surface area (Å²) in [7, 11) is 0. The van der Waals surface area contributed by atoms with E-state index in [1.54, 1.807) is 6.07 Å². The minimum absolute atomic E-state index is 0.342. The van der Waals surface area contributed by atoms with Crippen molar-refractivity contribution < 1.29 is 9.15 Å². The van der Waals surface area contributed by atoms with Crippen LogP contribution >= 0.6 is 11.3 Å². The number of nitrogens with zero attached hydrogens (tertiary/aromatic N) is 1. The van der Waals surface area contributed by atoms with Crippen LogP contribution in [0, 0.1) is 6.92 Å². The number of para-hydroxylation sites is 1. The summed E-state index contributed by atoms with van der Waals surface area (Å²) in [5, 5.41) is 6.93. The van der Waals surface area contributed by atoms with Crippen molar-refractivity contribution in [3.8, 4) is 5.75 Å². The Balaban J connectivity index is 1.46. The zero-order valence-electron chi connectivity index (χ0n) is 14.1. The summed E-state index contributed by atoms with van der Waals surface area (Å²) in [6.07, 6.45) is 0. The van der Waals surface area contributed by atoms with Crippen molar-refractivity contribution in [1.82, 2.24) is 4.98 Å². The lowest BCUT2D eigenvalue weighted by molar-refractivity contribution is 0.302. The first-order valence-electron chi connectivity index (χ1n) is 8.11. The summed E-state index contributed by atoms with van der Waals surface area (Å²) in [6.45, 7) is 2.23. The van der Waals surface area contributed by atoms with E-state index in [0.29, 0.717) is 17.9 Å². The molecule has 0 atom stereocenters. The number of benzene rings is 2. The molecule has 6 heteroatoms. The van der Waals surface area contributed by atoms with Gasteiger partial charge in [0.1, 0.15) is 17.9 Å². The lowest BCUT2D eigenvalue weighted by Gasteiger charge is -2.06. The molecule has 4 aromatic rings. The van der Waals surface area contributed by atoms with Gasteiger partial charge in [-0.05, 0) is 36.8 Å². The van der Waals surface area contributed by atoms with E-state index in [0.717, 1.165) is 27.5 Å².